The molecule has 0 unspecified atom stereocenters. The molecule has 5 aromatic rings. The number of hydrogen-bond acceptors (Lipinski definition) is 7. The topological polar surface area (TPSA) is 87.5 Å². The van der Waals surface area contributed by atoms with Crippen molar-refractivity contribution in [2.45, 2.75) is 33.4 Å². The molecule has 200 valence electrons. The van der Waals surface area contributed by atoms with Crippen LogP contribution in [-0.4, -0.2) is 33.5 Å². The van der Waals surface area contributed by atoms with Gasteiger partial charge in [-0.05, 0) is 74.0 Å². The van der Waals surface area contributed by atoms with E-state index in [1.807, 2.05) is 50.2 Å². The van der Waals surface area contributed by atoms with Gasteiger partial charge in [0.25, 0.3) is 5.91 Å². The third-order valence-electron chi connectivity index (χ3n) is 6.23. The highest BCUT2D eigenvalue weighted by molar-refractivity contribution is 7.13. The summed E-state index contributed by atoms with van der Waals surface area (Å²) in [5.41, 5.74) is 2.42. The molecule has 3 aromatic carbocycles. The molecule has 0 saturated heterocycles. The first-order valence-corrected chi connectivity index (χ1v) is 12.8. The molecule has 2 atom stereocenters. The molecule has 1 amide bonds. The molecule has 0 saturated carbocycles. The minimum absolute atomic E-state index is 0. The maximum Gasteiger partial charge on any atom is 0.280 e. The molecule has 2 aromatic heterocycles. The maximum atomic E-state index is 13.4. The van der Waals surface area contributed by atoms with Crippen molar-refractivity contribution in [2.24, 2.45) is 0 Å². The summed E-state index contributed by atoms with van der Waals surface area (Å²) in [6, 6.07) is 17.0. The molecule has 1 aliphatic heterocycles. The number of benzene rings is 3. The van der Waals surface area contributed by atoms with Crippen LogP contribution in [0.3, 0.4) is 0 Å². The fraction of sp³-hybridized carbons (Fsp3) is 0.207. The fourth-order valence-electron chi connectivity index (χ4n) is 4.37. The number of carbonyl (C=O) groups is 1. The number of aryl methyl sites for hydroxylation is 1. The molecule has 10 heteroatoms. The highest BCUT2D eigenvalue weighted by Gasteiger charge is 2.27. The Hall–Kier alpha value is -4.44. The van der Waals surface area contributed by atoms with Gasteiger partial charge in [0.2, 0.25) is 6.79 Å². The van der Waals surface area contributed by atoms with Crippen LogP contribution in [0.2, 0.25) is 0 Å². The number of thiazole rings is 1. The van der Waals surface area contributed by atoms with Gasteiger partial charge in [-0.15, -0.1) is 11.3 Å². The molecule has 0 fully saturated rings. The van der Waals surface area contributed by atoms with Crippen molar-refractivity contribution in [3.05, 3.63) is 94.3 Å². The molecule has 1 aliphatic rings. The second-order valence-electron chi connectivity index (χ2n) is 8.94. The summed E-state index contributed by atoms with van der Waals surface area (Å²) in [6.45, 7) is 3.96. The second kappa shape index (κ2) is 10.7. The summed E-state index contributed by atoms with van der Waals surface area (Å²) in [6.07, 6.45) is 2.87. The van der Waals surface area contributed by atoms with Crippen molar-refractivity contribution in [1.29, 1.82) is 0 Å². The van der Waals surface area contributed by atoms with Gasteiger partial charge in [0, 0.05) is 16.5 Å². The zero-order valence-corrected chi connectivity index (χ0v) is 21.4. The monoisotopic (exact) mass is 546 g/mol. The molecule has 1 N–H and O–H groups in total. The van der Waals surface area contributed by atoms with Crippen molar-refractivity contribution in [3.8, 4) is 22.9 Å². The van der Waals surface area contributed by atoms with Gasteiger partial charge in [-0.2, -0.15) is 5.10 Å². The summed E-state index contributed by atoms with van der Waals surface area (Å²) < 4.78 is 32.6. The summed E-state index contributed by atoms with van der Waals surface area (Å²) in [7, 11) is 0. The third kappa shape index (κ3) is 5.28. The van der Waals surface area contributed by atoms with Crippen molar-refractivity contribution >= 4 is 28.1 Å². The van der Waals surface area contributed by atoms with Gasteiger partial charge in [0.15, 0.2) is 16.5 Å². The van der Waals surface area contributed by atoms with Crippen LogP contribution in [0.1, 0.15) is 40.7 Å². The quantitative estimate of drug-likeness (QED) is 0.260. The lowest BCUT2D eigenvalue weighted by Crippen LogP contribution is -2.39. The predicted octanol–water partition coefficient (Wildman–Crippen LogP) is 6.23. The predicted molar refractivity (Wildman–Crippen MR) is 147 cm³/mol. The summed E-state index contributed by atoms with van der Waals surface area (Å²) in [5.74, 6) is 1.32. The lowest BCUT2D eigenvalue weighted by molar-refractivity contribution is 0.0881. The first-order valence-electron chi connectivity index (χ1n) is 12.0. The van der Waals surface area contributed by atoms with E-state index in [4.69, 9.17) is 14.2 Å². The Morgan fingerprint density at radius 3 is 2.64 bits per heavy atom. The number of hydrogen-bond donors (Lipinski definition) is 1. The molecule has 0 bridgehead atoms. The van der Waals surface area contributed by atoms with Crippen LogP contribution in [0.5, 0.6) is 17.2 Å². The molecule has 6 rings (SSSR count). The molecule has 8 nitrogen and oxygen atoms in total. The van der Waals surface area contributed by atoms with Crippen molar-refractivity contribution in [3.63, 3.8) is 0 Å². The van der Waals surface area contributed by atoms with Gasteiger partial charge in [0.1, 0.15) is 17.7 Å². The van der Waals surface area contributed by atoms with Crippen LogP contribution in [0.25, 0.3) is 16.6 Å². The van der Waals surface area contributed by atoms with E-state index in [1.54, 1.807) is 29.2 Å². The highest BCUT2D eigenvalue weighted by atomic mass is 32.1. The summed E-state index contributed by atoms with van der Waals surface area (Å²) >= 11 is 1.34. The minimum atomic E-state index is -0.542. The maximum absolute atomic E-state index is 13.4. The van der Waals surface area contributed by atoms with Crippen LogP contribution in [-0.2, 0) is 0 Å². The zero-order valence-electron chi connectivity index (χ0n) is 20.6. The number of nitrogens with zero attached hydrogens (tertiary/aromatic N) is 3. The fourth-order valence-corrected chi connectivity index (χ4v) is 5.04. The Bertz CT molecular complexity index is 1630. The van der Waals surface area contributed by atoms with Crippen molar-refractivity contribution in [2.75, 3.05) is 6.79 Å². The lowest BCUT2D eigenvalue weighted by atomic mass is 10.0. The van der Waals surface area contributed by atoms with Crippen LogP contribution in [0.15, 0.2) is 73.1 Å². The van der Waals surface area contributed by atoms with Gasteiger partial charge in [-0.3, -0.25) is 4.79 Å². The van der Waals surface area contributed by atoms with E-state index in [2.05, 4.69) is 15.4 Å². The largest absolute Gasteiger partial charge is 0.484 e. The zero-order chi connectivity index (χ0) is 26.2. The first-order chi connectivity index (χ1) is 18.4. The first kappa shape index (κ1) is 26.2. The third-order valence-corrected chi connectivity index (χ3v) is 7.14. The standard InChI is InChI=1S/C28H23FN4O4S.CH4/c1-16-13-30-28(38-16)27(34)32-17(2)26(18-3-10-24-25(12-18)36-15-35-24)37-22-8-9-23-19(11-22)14-31-33(23)21-6-4-20(29)5-7-21;/h3-14,17,26H,15H2,1-2H3,(H,32,34);1H4/t17-,26-;/m0./s1. The highest BCUT2D eigenvalue weighted by Crippen LogP contribution is 2.37. The average Bonchev–Trinajstić information content (AvgIpc) is 3.66. The van der Waals surface area contributed by atoms with E-state index < -0.39 is 12.1 Å². The summed E-state index contributed by atoms with van der Waals surface area (Å²) in [5, 5.41) is 8.75. The van der Waals surface area contributed by atoms with Gasteiger partial charge in [-0.25, -0.2) is 14.1 Å². The number of amides is 1. The van der Waals surface area contributed by atoms with Crippen molar-refractivity contribution in [1.82, 2.24) is 20.1 Å². The minimum Gasteiger partial charge on any atom is -0.484 e. The second-order valence-corrected chi connectivity index (χ2v) is 10.2. The van der Waals surface area contributed by atoms with Crippen LogP contribution >= 0.6 is 11.3 Å². The molecular formula is C29H27FN4O4S. The van der Waals surface area contributed by atoms with E-state index in [0.717, 1.165) is 27.0 Å². The van der Waals surface area contributed by atoms with E-state index in [-0.39, 0.29) is 25.9 Å². The number of aromatic nitrogens is 3. The molecular weight excluding hydrogens is 519 g/mol. The van der Waals surface area contributed by atoms with Crippen LogP contribution < -0.4 is 19.5 Å². The van der Waals surface area contributed by atoms with Crippen molar-refractivity contribution < 1.29 is 23.4 Å². The van der Waals surface area contributed by atoms with E-state index in [9.17, 15) is 9.18 Å². The van der Waals surface area contributed by atoms with Crippen LogP contribution in [0, 0.1) is 12.7 Å². The number of ether oxygens (including phenoxy) is 3. The van der Waals surface area contributed by atoms with E-state index >= 15 is 0 Å². The van der Waals surface area contributed by atoms with E-state index in [0.29, 0.717) is 22.3 Å². The van der Waals surface area contributed by atoms with Gasteiger partial charge < -0.3 is 19.5 Å². The molecule has 0 aliphatic carbocycles. The number of halogens is 1. The Morgan fingerprint density at radius 1 is 1.08 bits per heavy atom. The molecule has 39 heavy (non-hydrogen) atoms. The Morgan fingerprint density at radius 2 is 1.87 bits per heavy atom. The average molecular weight is 547 g/mol. The van der Waals surface area contributed by atoms with Gasteiger partial charge >= 0.3 is 0 Å². The normalized spacial score (nSPS) is 13.5. The number of nitrogens with one attached hydrogen (secondary N) is 1. The lowest BCUT2D eigenvalue weighted by Gasteiger charge is -2.26. The van der Waals surface area contributed by atoms with Gasteiger partial charge in [-0.1, -0.05) is 13.5 Å². The SMILES string of the molecule is C.Cc1cnc(C(=O)N[C@@H](C)[C@H](Oc2ccc3c(cnn3-c3ccc(F)cc3)c2)c2ccc3c(c2)OCO3)s1. The Kier molecular flexibility index (Phi) is 7.21. The Balaban J connectivity index is 0.00000308. The van der Waals surface area contributed by atoms with Crippen LogP contribution in [0.4, 0.5) is 4.39 Å². The molecule has 3 heterocycles. The molecule has 0 radical (unpaired) electrons. The number of carbonyl (C=O) groups excluding carboxylic acids is 1. The summed E-state index contributed by atoms with van der Waals surface area (Å²) in [4.78, 5) is 18.0. The van der Waals surface area contributed by atoms with E-state index in [1.165, 1.54) is 23.5 Å². The number of fused-ring (bicyclic) bond motifs is 2. The van der Waals surface area contributed by atoms with Gasteiger partial charge in [0.05, 0.1) is 23.4 Å². The smallest absolute Gasteiger partial charge is 0.280 e. The number of rotatable bonds is 7. The Labute approximate surface area is 229 Å². The molecule has 0 spiro atoms.